The van der Waals surface area contributed by atoms with Gasteiger partial charge in [-0.3, -0.25) is 0 Å². The fraction of sp³-hybridized carbons (Fsp3) is 0.417. The van der Waals surface area contributed by atoms with Crippen LogP contribution >= 0.6 is 0 Å². The molecule has 0 nitrogen and oxygen atoms in total. The molecule has 0 saturated heterocycles. The fourth-order valence-electron chi connectivity index (χ4n) is 4.72. The summed E-state index contributed by atoms with van der Waals surface area (Å²) < 4.78 is 56.8. The smallest absolute Gasteiger partial charge is 0.159 e. The first-order valence-electron chi connectivity index (χ1n) is 10.1. The second-order valence-electron chi connectivity index (χ2n) is 8.13. The monoisotopic (exact) mass is 388 g/mol. The Hall–Kier alpha value is -2.10. The van der Waals surface area contributed by atoms with Gasteiger partial charge in [-0.25, -0.2) is 17.6 Å². The Morgan fingerprint density at radius 3 is 2.00 bits per heavy atom. The molecule has 4 rings (SSSR count). The number of hydrogen-bond acceptors (Lipinski definition) is 0. The molecular weight excluding hydrogens is 364 g/mol. The second kappa shape index (κ2) is 7.73. The topological polar surface area (TPSA) is 0 Å². The molecule has 2 aromatic carbocycles. The van der Waals surface area contributed by atoms with Gasteiger partial charge in [0.15, 0.2) is 11.6 Å². The van der Waals surface area contributed by atoms with Gasteiger partial charge in [0.1, 0.15) is 11.6 Å². The van der Waals surface area contributed by atoms with Crippen molar-refractivity contribution >= 4 is 5.57 Å². The van der Waals surface area contributed by atoms with Crippen molar-refractivity contribution in [2.45, 2.75) is 57.8 Å². The quantitative estimate of drug-likeness (QED) is 0.492. The molecular formula is C24H24F4. The number of halogens is 4. The van der Waals surface area contributed by atoms with E-state index in [0.717, 1.165) is 49.7 Å². The van der Waals surface area contributed by atoms with Crippen molar-refractivity contribution in [3.63, 3.8) is 0 Å². The van der Waals surface area contributed by atoms with Crippen molar-refractivity contribution in [2.24, 2.45) is 5.92 Å². The Bertz CT molecular complexity index is 897. The van der Waals surface area contributed by atoms with E-state index in [9.17, 15) is 17.6 Å². The maximum atomic E-state index is 14.9. The molecule has 0 heterocycles. The van der Waals surface area contributed by atoms with Gasteiger partial charge in [-0.1, -0.05) is 19.4 Å². The molecule has 2 aliphatic carbocycles. The summed E-state index contributed by atoms with van der Waals surface area (Å²) >= 11 is 0. The minimum Gasteiger partial charge on any atom is -0.206 e. The standard InChI is InChI=1S/C24H24F4/c1-2-14-3-5-15(6-4-14)19-12-22(27)24(23(28)13-19)17-8-7-16-10-20(25)21(26)11-18(16)9-17/h8,10-15H,2-7,9H2,1H3. The lowest BCUT2D eigenvalue weighted by Crippen LogP contribution is -2.14. The average molecular weight is 388 g/mol. The predicted octanol–water partition coefficient (Wildman–Crippen LogP) is 7.11. The van der Waals surface area contributed by atoms with Gasteiger partial charge in [0.2, 0.25) is 0 Å². The van der Waals surface area contributed by atoms with E-state index in [-0.39, 0.29) is 17.9 Å². The van der Waals surface area contributed by atoms with Gasteiger partial charge in [-0.2, -0.15) is 0 Å². The molecule has 1 saturated carbocycles. The highest BCUT2D eigenvalue weighted by Gasteiger charge is 2.25. The molecule has 0 spiro atoms. The average Bonchev–Trinajstić information content (AvgIpc) is 2.68. The van der Waals surface area contributed by atoms with Crippen LogP contribution in [0, 0.1) is 29.2 Å². The van der Waals surface area contributed by atoms with Crippen LogP contribution in [0.3, 0.4) is 0 Å². The zero-order chi connectivity index (χ0) is 19.8. The molecule has 0 atom stereocenters. The molecule has 0 aliphatic heterocycles. The van der Waals surface area contributed by atoms with Gasteiger partial charge >= 0.3 is 0 Å². The summed E-state index contributed by atoms with van der Waals surface area (Å²) in [6.45, 7) is 2.19. The first-order chi connectivity index (χ1) is 13.5. The van der Waals surface area contributed by atoms with Gasteiger partial charge in [0, 0.05) is 5.56 Å². The molecule has 0 N–H and O–H groups in total. The summed E-state index contributed by atoms with van der Waals surface area (Å²) in [5.74, 6) is -2.02. The van der Waals surface area contributed by atoms with E-state index in [1.54, 1.807) is 6.08 Å². The fourth-order valence-corrected chi connectivity index (χ4v) is 4.72. The maximum Gasteiger partial charge on any atom is 0.159 e. The molecule has 2 aliphatic rings. The Labute approximate surface area is 163 Å². The zero-order valence-corrected chi connectivity index (χ0v) is 16.0. The number of rotatable bonds is 3. The van der Waals surface area contributed by atoms with Crippen LogP contribution in [0.25, 0.3) is 5.57 Å². The minimum absolute atomic E-state index is 0.0404. The van der Waals surface area contributed by atoms with Gasteiger partial charge in [-0.15, -0.1) is 0 Å². The third-order valence-corrected chi connectivity index (χ3v) is 6.47. The lowest BCUT2D eigenvalue weighted by atomic mass is 9.77. The first-order valence-corrected chi connectivity index (χ1v) is 10.1. The summed E-state index contributed by atoms with van der Waals surface area (Å²) in [5, 5.41) is 0. The molecule has 1 fully saturated rings. The predicted molar refractivity (Wildman–Crippen MR) is 103 cm³/mol. The summed E-state index contributed by atoms with van der Waals surface area (Å²) in [7, 11) is 0. The Balaban J connectivity index is 1.59. The lowest BCUT2D eigenvalue weighted by molar-refractivity contribution is 0.318. The Morgan fingerprint density at radius 2 is 1.39 bits per heavy atom. The van der Waals surface area contributed by atoms with Crippen LogP contribution in [-0.2, 0) is 12.8 Å². The van der Waals surface area contributed by atoms with E-state index in [0.29, 0.717) is 23.1 Å². The highest BCUT2D eigenvalue weighted by Crippen LogP contribution is 2.39. The van der Waals surface area contributed by atoms with Crippen molar-refractivity contribution in [1.29, 1.82) is 0 Å². The van der Waals surface area contributed by atoms with Gasteiger partial charge in [0.25, 0.3) is 0 Å². The van der Waals surface area contributed by atoms with Crippen LogP contribution in [0.5, 0.6) is 0 Å². The molecule has 0 amide bonds. The molecule has 2 aromatic rings. The summed E-state index contributed by atoms with van der Waals surface area (Å²) in [6.07, 6.45) is 7.56. The van der Waals surface area contributed by atoms with Gasteiger partial charge in [-0.05, 0) is 96.9 Å². The van der Waals surface area contributed by atoms with E-state index >= 15 is 0 Å². The van der Waals surface area contributed by atoms with Crippen molar-refractivity contribution in [2.75, 3.05) is 0 Å². The normalized spacial score (nSPS) is 22.0. The highest BCUT2D eigenvalue weighted by atomic mass is 19.2. The molecule has 28 heavy (non-hydrogen) atoms. The van der Waals surface area contributed by atoms with Crippen molar-refractivity contribution in [3.05, 3.63) is 75.9 Å². The van der Waals surface area contributed by atoms with Crippen molar-refractivity contribution < 1.29 is 17.6 Å². The minimum atomic E-state index is -0.932. The molecule has 0 radical (unpaired) electrons. The molecule has 4 heteroatoms. The van der Waals surface area contributed by atoms with Crippen molar-refractivity contribution in [3.8, 4) is 0 Å². The summed E-state index contributed by atoms with van der Waals surface area (Å²) in [5.41, 5.74) is 2.43. The van der Waals surface area contributed by atoms with E-state index in [1.807, 2.05) is 0 Å². The lowest BCUT2D eigenvalue weighted by Gasteiger charge is -2.28. The number of fused-ring (bicyclic) bond motifs is 1. The largest absolute Gasteiger partial charge is 0.206 e. The molecule has 148 valence electrons. The summed E-state index contributed by atoms with van der Waals surface area (Å²) in [4.78, 5) is 0. The summed E-state index contributed by atoms with van der Waals surface area (Å²) in [6, 6.07) is 5.24. The van der Waals surface area contributed by atoms with Crippen LogP contribution in [-0.4, -0.2) is 0 Å². The number of allylic oxidation sites excluding steroid dienone is 2. The van der Waals surface area contributed by atoms with Crippen molar-refractivity contribution in [1.82, 2.24) is 0 Å². The highest BCUT2D eigenvalue weighted by molar-refractivity contribution is 5.71. The van der Waals surface area contributed by atoms with Crippen LogP contribution in [0.2, 0.25) is 0 Å². The van der Waals surface area contributed by atoms with Gasteiger partial charge in [0.05, 0.1) is 0 Å². The zero-order valence-electron chi connectivity index (χ0n) is 16.0. The third kappa shape index (κ3) is 3.61. The van der Waals surface area contributed by atoms with Crippen LogP contribution in [0.1, 0.15) is 67.2 Å². The van der Waals surface area contributed by atoms with E-state index in [4.69, 9.17) is 0 Å². The van der Waals surface area contributed by atoms with Gasteiger partial charge < -0.3 is 0 Å². The number of benzene rings is 2. The Kier molecular flexibility index (Phi) is 5.31. The number of hydrogen-bond donors (Lipinski definition) is 0. The SMILES string of the molecule is CCC1CCC(c2cc(F)c(C3=CCc4cc(F)c(F)cc4C3)c(F)c2)CC1. The van der Waals surface area contributed by atoms with E-state index in [2.05, 4.69) is 6.92 Å². The first kappa shape index (κ1) is 19.2. The molecule has 0 unspecified atom stereocenters. The van der Waals surface area contributed by atoms with E-state index < -0.39 is 23.3 Å². The molecule has 0 aromatic heterocycles. The van der Waals surface area contributed by atoms with Crippen LogP contribution < -0.4 is 0 Å². The molecule has 0 bridgehead atoms. The van der Waals surface area contributed by atoms with Crippen LogP contribution in [0.15, 0.2) is 30.3 Å². The van der Waals surface area contributed by atoms with E-state index in [1.165, 1.54) is 18.2 Å². The second-order valence-corrected chi connectivity index (χ2v) is 8.13. The third-order valence-electron chi connectivity index (χ3n) is 6.47. The van der Waals surface area contributed by atoms with Crippen LogP contribution in [0.4, 0.5) is 17.6 Å². The maximum absolute atomic E-state index is 14.9. The Morgan fingerprint density at radius 1 is 0.786 bits per heavy atom.